The minimum atomic E-state index is -4.42. The molecule has 0 unspecified atom stereocenters. The van der Waals surface area contributed by atoms with E-state index in [1.54, 1.807) is 10.9 Å². The second-order valence-electron chi connectivity index (χ2n) is 4.80. The van der Waals surface area contributed by atoms with E-state index >= 15 is 0 Å². The van der Waals surface area contributed by atoms with Crippen LogP contribution in [0.1, 0.15) is 31.3 Å². The normalized spacial score (nSPS) is 11.6. The first-order valence-electron chi connectivity index (χ1n) is 6.15. The lowest BCUT2D eigenvalue weighted by Gasteiger charge is -2.05. The number of nitrogens with zero attached hydrogens (tertiary/aromatic N) is 4. The van der Waals surface area contributed by atoms with Crippen molar-refractivity contribution in [3.05, 3.63) is 29.8 Å². The van der Waals surface area contributed by atoms with Crippen molar-refractivity contribution in [2.75, 3.05) is 5.32 Å². The third kappa shape index (κ3) is 4.13. The molecule has 0 spiro atoms. The van der Waals surface area contributed by atoms with Crippen molar-refractivity contribution in [2.24, 2.45) is 7.05 Å². The van der Waals surface area contributed by atoms with Crippen LogP contribution in [0.4, 0.5) is 18.9 Å². The van der Waals surface area contributed by atoms with E-state index in [0.29, 0.717) is 5.69 Å². The highest BCUT2D eigenvalue weighted by atomic mass is 35.5. The molecule has 0 aliphatic carbocycles. The number of anilines is 1. The molecule has 0 aliphatic heterocycles. The molecule has 1 N–H and O–H groups in total. The molecule has 21 heavy (non-hydrogen) atoms. The molecule has 0 saturated heterocycles. The topological polar surface area (TPSA) is 47.7 Å². The lowest BCUT2D eigenvalue weighted by molar-refractivity contribution is -0.141. The van der Waals surface area contributed by atoms with Crippen molar-refractivity contribution >= 4 is 18.1 Å². The number of hydrogen-bond acceptors (Lipinski definition) is 3. The lowest BCUT2D eigenvalue weighted by Crippen LogP contribution is -2.07. The van der Waals surface area contributed by atoms with Gasteiger partial charge in [0.05, 0.1) is 24.1 Å². The summed E-state index contributed by atoms with van der Waals surface area (Å²) in [6.45, 7) is 4.24. The summed E-state index contributed by atoms with van der Waals surface area (Å²) < 4.78 is 40.6. The molecule has 0 aromatic carbocycles. The zero-order chi connectivity index (χ0) is 14.9. The Kier molecular flexibility index (Phi) is 5.27. The fourth-order valence-corrected chi connectivity index (χ4v) is 1.71. The first-order valence-corrected chi connectivity index (χ1v) is 6.15. The highest BCUT2D eigenvalue weighted by Gasteiger charge is 2.34. The molecule has 9 heteroatoms. The molecular formula is C12H17ClF3N5. The molecule has 2 aromatic heterocycles. The van der Waals surface area contributed by atoms with Crippen molar-refractivity contribution in [3.63, 3.8) is 0 Å². The molecular weight excluding hydrogens is 307 g/mol. The van der Waals surface area contributed by atoms with Gasteiger partial charge in [-0.05, 0) is 19.9 Å². The van der Waals surface area contributed by atoms with Crippen molar-refractivity contribution in [1.82, 2.24) is 19.6 Å². The van der Waals surface area contributed by atoms with E-state index in [-0.39, 0.29) is 25.0 Å². The smallest absolute Gasteiger partial charge is 0.377 e. The number of alkyl halides is 3. The van der Waals surface area contributed by atoms with Gasteiger partial charge in [-0.15, -0.1) is 12.4 Å². The number of hydrogen-bond donors (Lipinski definition) is 1. The number of halogens is 4. The van der Waals surface area contributed by atoms with Gasteiger partial charge in [0.25, 0.3) is 0 Å². The van der Waals surface area contributed by atoms with Gasteiger partial charge >= 0.3 is 6.18 Å². The van der Waals surface area contributed by atoms with E-state index in [1.165, 1.54) is 11.7 Å². The van der Waals surface area contributed by atoms with Gasteiger partial charge < -0.3 is 5.32 Å². The Morgan fingerprint density at radius 3 is 2.48 bits per heavy atom. The van der Waals surface area contributed by atoms with E-state index in [9.17, 15) is 13.2 Å². The molecule has 5 nitrogen and oxygen atoms in total. The molecule has 2 rings (SSSR count). The van der Waals surface area contributed by atoms with Crippen molar-refractivity contribution < 1.29 is 13.2 Å². The molecule has 118 valence electrons. The van der Waals surface area contributed by atoms with Crippen LogP contribution in [0.2, 0.25) is 0 Å². The van der Waals surface area contributed by atoms with Crippen LogP contribution in [-0.2, 0) is 19.8 Å². The highest BCUT2D eigenvalue weighted by Crippen LogP contribution is 2.28. The summed E-state index contributed by atoms with van der Waals surface area (Å²) in [5.74, 6) is 0. The molecule has 0 atom stereocenters. The van der Waals surface area contributed by atoms with Crippen LogP contribution >= 0.6 is 12.4 Å². The summed E-state index contributed by atoms with van der Waals surface area (Å²) in [6, 6.07) is 1.28. The number of nitrogens with one attached hydrogen (secondary N) is 1. The molecule has 2 heterocycles. The molecule has 0 aliphatic rings. The van der Waals surface area contributed by atoms with Crippen LogP contribution < -0.4 is 5.32 Å². The van der Waals surface area contributed by atoms with Gasteiger partial charge in [0.1, 0.15) is 0 Å². The Bertz CT molecular complexity index is 588. The Labute approximate surface area is 126 Å². The fraction of sp³-hybridized carbons (Fsp3) is 0.500. The summed E-state index contributed by atoms with van der Waals surface area (Å²) >= 11 is 0. The summed E-state index contributed by atoms with van der Waals surface area (Å²) in [5, 5.41) is 10.6. The van der Waals surface area contributed by atoms with Crippen molar-refractivity contribution in [1.29, 1.82) is 0 Å². The van der Waals surface area contributed by atoms with Crippen LogP contribution in [0.3, 0.4) is 0 Å². The van der Waals surface area contributed by atoms with Gasteiger partial charge in [0.2, 0.25) is 0 Å². The molecule has 0 saturated carbocycles. The molecule has 0 fully saturated rings. The highest BCUT2D eigenvalue weighted by molar-refractivity contribution is 5.85. The Balaban J connectivity index is 0.00000220. The number of aryl methyl sites for hydroxylation is 1. The average molecular weight is 324 g/mol. The zero-order valence-corrected chi connectivity index (χ0v) is 12.7. The standard InChI is InChI=1S/C12H16F3N5.ClH/c1-8(2)20-7-9(5-17-20)16-6-10-4-11(12(13,14)15)18-19(10)3;/h4-5,7-8,16H,6H2,1-3H3;1H. The largest absolute Gasteiger partial charge is 0.435 e. The van der Waals surface area contributed by atoms with Gasteiger partial charge in [-0.25, -0.2) is 0 Å². The maximum atomic E-state index is 12.5. The summed E-state index contributed by atoms with van der Waals surface area (Å²) in [4.78, 5) is 0. The number of aromatic nitrogens is 4. The predicted octanol–water partition coefficient (Wildman–Crippen LogP) is 3.25. The van der Waals surface area contributed by atoms with Gasteiger partial charge in [0, 0.05) is 19.3 Å². The quantitative estimate of drug-likeness (QED) is 0.939. The van der Waals surface area contributed by atoms with Crippen LogP contribution in [0.25, 0.3) is 0 Å². The van der Waals surface area contributed by atoms with E-state index < -0.39 is 11.9 Å². The maximum Gasteiger partial charge on any atom is 0.435 e. The van der Waals surface area contributed by atoms with Crippen LogP contribution in [0.5, 0.6) is 0 Å². The molecule has 0 amide bonds. The van der Waals surface area contributed by atoms with Crippen molar-refractivity contribution in [2.45, 2.75) is 32.6 Å². The van der Waals surface area contributed by atoms with Crippen LogP contribution in [0, 0.1) is 0 Å². The van der Waals surface area contributed by atoms with Crippen LogP contribution in [-0.4, -0.2) is 19.6 Å². The predicted molar refractivity (Wildman–Crippen MR) is 75.4 cm³/mol. The first-order chi connectivity index (χ1) is 9.27. The second kappa shape index (κ2) is 6.38. The average Bonchev–Trinajstić information content (AvgIpc) is 2.92. The van der Waals surface area contributed by atoms with Crippen molar-refractivity contribution in [3.8, 4) is 0 Å². The number of rotatable bonds is 4. The molecule has 0 bridgehead atoms. The van der Waals surface area contributed by atoms with E-state index in [1.807, 2.05) is 20.0 Å². The Morgan fingerprint density at radius 1 is 1.33 bits per heavy atom. The zero-order valence-electron chi connectivity index (χ0n) is 11.8. The maximum absolute atomic E-state index is 12.5. The van der Waals surface area contributed by atoms with Crippen LogP contribution in [0.15, 0.2) is 18.5 Å². The van der Waals surface area contributed by atoms with E-state index in [4.69, 9.17) is 0 Å². The Hall–Kier alpha value is -1.70. The van der Waals surface area contributed by atoms with Gasteiger partial charge in [-0.1, -0.05) is 0 Å². The molecule has 2 aromatic rings. The third-order valence-electron chi connectivity index (χ3n) is 2.87. The second-order valence-corrected chi connectivity index (χ2v) is 4.80. The van der Waals surface area contributed by atoms with Gasteiger partial charge in [0.15, 0.2) is 5.69 Å². The summed E-state index contributed by atoms with van der Waals surface area (Å²) in [7, 11) is 1.49. The first kappa shape index (κ1) is 17.4. The minimum Gasteiger partial charge on any atom is -0.377 e. The fourth-order valence-electron chi connectivity index (χ4n) is 1.71. The van der Waals surface area contributed by atoms with Gasteiger partial charge in [-0.3, -0.25) is 9.36 Å². The summed E-state index contributed by atoms with van der Waals surface area (Å²) in [5.41, 5.74) is 0.331. The minimum absolute atomic E-state index is 0. The van der Waals surface area contributed by atoms with E-state index in [2.05, 4.69) is 15.5 Å². The third-order valence-corrected chi connectivity index (χ3v) is 2.87. The lowest BCUT2D eigenvalue weighted by atomic mass is 10.3. The monoisotopic (exact) mass is 323 g/mol. The Morgan fingerprint density at radius 2 is 2.00 bits per heavy atom. The van der Waals surface area contributed by atoms with E-state index in [0.717, 1.165) is 11.8 Å². The summed E-state index contributed by atoms with van der Waals surface area (Å²) in [6.07, 6.45) is -0.967. The SMILES string of the molecule is CC(C)n1cc(NCc2cc(C(F)(F)F)nn2C)cn1.Cl. The van der Waals surface area contributed by atoms with Gasteiger partial charge in [-0.2, -0.15) is 23.4 Å². The molecule has 0 radical (unpaired) electrons.